The van der Waals surface area contributed by atoms with Crippen molar-refractivity contribution in [3.63, 3.8) is 0 Å². The number of nitro benzene ring substituents is 1. The van der Waals surface area contributed by atoms with Crippen molar-refractivity contribution < 1.29 is 28.8 Å². The minimum Gasteiger partial charge on any atom is -0.497 e. The molecule has 0 aliphatic carbocycles. The molecule has 50 heavy (non-hydrogen) atoms. The van der Waals surface area contributed by atoms with E-state index in [1.165, 1.54) is 43.1 Å². The zero-order valence-corrected chi connectivity index (χ0v) is 28.8. The lowest BCUT2D eigenvalue weighted by Crippen LogP contribution is -2.51. The second kappa shape index (κ2) is 16.8. The van der Waals surface area contributed by atoms with Crippen LogP contribution in [-0.4, -0.2) is 64.5 Å². The largest absolute Gasteiger partial charge is 0.497 e. The first kappa shape index (κ1) is 35.9. The number of nitrogens with zero attached hydrogens (tertiary/aromatic N) is 4. The van der Waals surface area contributed by atoms with Gasteiger partial charge in [-0.15, -0.1) is 0 Å². The van der Waals surface area contributed by atoms with Gasteiger partial charge in [-0.2, -0.15) is 0 Å². The van der Waals surface area contributed by atoms with Crippen molar-refractivity contribution >= 4 is 41.3 Å². The molecule has 2 heterocycles. The minimum atomic E-state index is -0.502. The van der Waals surface area contributed by atoms with Crippen LogP contribution < -0.4 is 10.1 Å². The van der Waals surface area contributed by atoms with Crippen LogP contribution in [0.15, 0.2) is 78.0 Å². The lowest BCUT2D eigenvalue weighted by molar-refractivity contribution is -0.384. The second-order valence-electron chi connectivity index (χ2n) is 11.6. The van der Waals surface area contributed by atoms with E-state index in [4.69, 9.17) is 14.5 Å². The first-order valence-electron chi connectivity index (χ1n) is 16.1. The molecule has 1 aliphatic rings. The number of amides is 1. The summed E-state index contributed by atoms with van der Waals surface area (Å²) in [5.41, 5.74) is 3.16. The first-order chi connectivity index (χ1) is 24.3. The maximum absolute atomic E-state index is 14.3. The molecule has 13 heteroatoms. The fourth-order valence-electron chi connectivity index (χ4n) is 6.01. The van der Waals surface area contributed by atoms with E-state index in [0.29, 0.717) is 28.5 Å². The normalized spacial score (nSPS) is 15.0. The van der Waals surface area contributed by atoms with Crippen LogP contribution in [0.4, 0.5) is 5.69 Å². The van der Waals surface area contributed by atoms with E-state index >= 15 is 0 Å². The van der Waals surface area contributed by atoms with Gasteiger partial charge in [0.1, 0.15) is 11.7 Å². The highest BCUT2D eigenvalue weighted by atomic mass is 32.2. The van der Waals surface area contributed by atoms with Gasteiger partial charge in [0.05, 0.1) is 47.8 Å². The summed E-state index contributed by atoms with van der Waals surface area (Å²) in [6.45, 7) is 2.71. The third-order valence-electron chi connectivity index (χ3n) is 8.56. The molecule has 1 fully saturated rings. The van der Waals surface area contributed by atoms with Crippen molar-refractivity contribution in [2.45, 2.75) is 55.7 Å². The summed E-state index contributed by atoms with van der Waals surface area (Å²) in [5.74, 6) is 2.08. The number of hydrogen-bond acceptors (Lipinski definition) is 11. The van der Waals surface area contributed by atoms with Crippen LogP contribution in [0.1, 0.15) is 76.2 Å². The van der Waals surface area contributed by atoms with Crippen molar-refractivity contribution in [3.8, 4) is 17.0 Å². The number of non-ortho nitro benzene ring substituents is 1. The zero-order valence-electron chi connectivity index (χ0n) is 28.0. The van der Waals surface area contributed by atoms with Crippen LogP contribution in [0.25, 0.3) is 17.3 Å². The number of nitro groups is 1. The molecule has 1 N–H and O–H groups in total. The molecule has 12 nitrogen and oxygen atoms in total. The third kappa shape index (κ3) is 8.43. The lowest BCUT2D eigenvalue weighted by atomic mass is 9.93. The SMILES string of the molecule is CCC(NC(=O)c1c(C=C=O)nc(SCc2ccc(OC)cc2)nc1-c1ccc([N+](=O)[O-])cc1)N1CCCCC1c1ccc(C(=O)OC)cc1. The number of carbonyl (C=O) groups is 2. The smallest absolute Gasteiger partial charge is 0.337 e. The Kier molecular flexibility index (Phi) is 12.1. The molecule has 0 spiro atoms. The van der Waals surface area contributed by atoms with Crippen LogP contribution in [0.3, 0.4) is 0 Å². The quantitative estimate of drug-likeness (QED) is 0.0398. The van der Waals surface area contributed by atoms with Gasteiger partial charge in [-0.05, 0) is 66.8 Å². The molecule has 0 bridgehead atoms. The topological polar surface area (TPSA) is 154 Å². The number of likely N-dealkylation sites (tertiary alicyclic amines) is 1. The maximum Gasteiger partial charge on any atom is 0.337 e. The molecule has 5 rings (SSSR count). The highest BCUT2D eigenvalue weighted by Crippen LogP contribution is 2.34. The molecule has 3 aromatic carbocycles. The Morgan fingerprint density at radius 1 is 1.06 bits per heavy atom. The molecule has 4 aromatic rings. The molecular weight excluding hydrogens is 659 g/mol. The van der Waals surface area contributed by atoms with Gasteiger partial charge in [-0.3, -0.25) is 19.8 Å². The monoisotopic (exact) mass is 695 g/mol. The van der Waals surface area contributed by atoms with E-state index in [-0.39, 0.29) is 28.7 Å². The predicted octanol–water partition coefficient (Wildman–Crippen LogP) is 6.68. The number of piperidine rings is 1. The molecular formula is C37H37N5O7S. The van der Waals surface area contributed by atoms with E-state index in [1.54, 1.807) is 25.2 Å². The summed E-state index contributed by atoms with van der Waals surface area (Å²) in [4.78, 5) is 60.6. The van der Waals surface area contributed by atoms with Gasteiger partial charge in [0.15, 0.2) is 5.16 Å². The van der Waals surface area contributed by atoms with Crippen molar-refractivity contribution in [3.05, 3.63) is 111 Å². The summed E-state index contributed by atoms with van der Waals surface area (Å²) in [5, 5.41) is 14.9. The van der Waals surface area contributed by atoms with Gasteiger partial charge >= 0.3 is 5.97 Å². The number of nitrogens with one attached hydrogen (secondary N) is 1. The molecule has 258 valence electrons. The molecule has 0 saturated carbocycles. The van der Waals surface area contributed by atoms with Crippen LogP contribution in [0, 0.1) is 10.1 Å². The average molecular weight is 696 g/mol. The number of aromatic nitrogens is 2. The van der Waals surface area contributed by atoms with Gasteiger partial charge in [-0.25, -0.2) is 19.6 Å². The fourth-order valence-corrected chi connectivity index (χ4v) is 6.82. The van der Waals surface area contributed by atoms with E-state index in [2.05, 4.69) is 15.2 Å². The van der Waals surface area contributed by atoms with Crippen LogP contribution in [0.5, 0.6) is 5.75 Å². The number of carbonyl (C=O) groups excluding carboxylic acids is 3. The summed E-state index contributed by atoms with van der Waals surface area (Å²) < 4.78 is 10.1. The average Bonchev–Trinajstić information content (AvgIpc) is 3.16. The molecule has 1 aromatic heterocycles. The van der Waals surface area contributed by atoms with E-state index in [1.807, 2.05) is 43.3 Å². The summed E-state index contributed by atoms with van der Waals surface area (Å²) in [6, 6.07) is 20.6. The number of thioether (sulfide) groups is 1. The highest BCUT2D eigenvalue weighted by molar-refractivity contribution is 7.98. The van der Waals surface area contributed by atoms with Crippen molar-refractivity contribution in [1.82, 2.24) is 20.2 Å². The Balaban J connectivity index is 1.49. The third-order valence-corrected chi connectivity index (χ3v) is 9.48. The molecule has 2 unspecified atom stereocenters. The van der Waals surface area contributed by atoms with Crippen molar-refractivity contribution in [2.75, 3.05) is 20.8 Å². The predicted molar refractivity (Wildman–Crippen MR) is 189 cm³/mol. The Bertz CT molecular complexity index is 1880. The summed E-state index contributed by atoms with van der Waals surface area (Å²) in [6.07, 6.45) is 4.10. The lowest BCUT2D eigenvalue weighted by Gasteiger charge is -2.41. The summed E-state index contributed by atoms with van der Waals surface area (Å²) in [7, 11) is 2.94. The maximum atomic E-state index is 14.3. The van der Waals surface area contributed by atoms with Gasteiger partial charge < -0.3 is 14.8 Å². The number of hydrogen-bond donors (Lipinski definition) is 1. The molecule has 2 atom stereocenters. The molecule has 1 aliphatic heterocycles. The minimum absolute atomic E-state index is 0.0165. The van der Waals surface area contributed by atoms with Crippen LogP contribution in [-0.2, 0) is 15.3 Å². The van der Waals surface area contributed by atoms with E-state index < -0.39 is 23.0 Å². The van der Waals surface area contributed by atoms with Gasteiger partial charge in [0.25, 0.3) is 11.6 Å². The summed E-state index contributed by atoms with van der Waals surface area (Å²) >= 11 is 1.32. The Morgan fingerprint density at radius 2 is 1.78 bits per heavy atom. The zero-order chi connectivity index (χ0) is 35.6. The van der Waals surface area contributed by atoms with Gasteiger partial charge in [-0.1, -0.05) is 49.4 Å². The first-order valence-corrected chi connectivity index (χ1v) is 17.1. The van der Waals surface area contributed by atoms with Crippen molar-refractivity contribution in [2.24, 2.45) is 0 Å². The standard InChI is InChI=1S/C37H37N5O7S/c1-4-32(41-21-6-5-7-31(41)25-10-12-27(13-11-25)36(45)49-3)39-35(44)33-30(20-22-43)38-37(50-23-24-8-18-29(48-2)19-9-24)40-34(33)26-14-16-28(17-15-26)42(46)47/h8-20,31-32H,4-7,21,23H2,1-3H3,(H,39,44). The number of methoxy groups -OCH3 is 2. The molecule has 1 amide bonds. The molecule has 1 saturated heterocycles. The van der Waals surface area contributed by atoms with E-state index in [0.717, 1.165) is 48.8 Å². The Morgan fingerprint density at radius 3 is 2.40 bits per heavy atom. The van der Waals surface area contributed by atoms with Crippen LogP contribution in [0.2, 0.25) is 0 Å². The number of rotatable bonds is 13. The second-order valence-corrected chi connectivity index (χ2v) is 12.5. The number of esters is 1. The number of benzene rings is 3. The highest BCUT2D eigenvalue weighted by Gasteiger charge is 2.32. The van der Waals surface area contributed by atoms with E-state index in [9.17, 15) is 24.5 Å². The fraction of sp³-hybridized carbons (Fsp3) is 0.297. The van der Waals surface area contributed by atoms with Crippen molar-refractivity contribution in [1.29, 1.82) is 0 Å². The van der Waals surface area contributed by atoms with Gasteiger partial charge in [0, 0.05) is 42.1 Å². The Hall–Kier alpha value is -5.36. The number of ether oxygens (including phenoxy) is 2. The van der Waals surface area contributed by atoms with Crippen LogP contribution >= 0.6 is 11.8 Å². The van der Waals surface area contributed by atoms with Gasteiger partial charge in [0.2, 0.25) is 0 Å². The Labute approximate surface area is 294 Å². The molecule has 0 radical (unpaired) electrons.